The van der Waals surface area contributed by atoms with E-state index in [-0.39, 0.29) is 11.7 Å². The summed E-state index contributed by atoms with van der Waals surface area (Å²) in [6, 6.07) is 4.28. The fraction of sp³-hybridized carbons (Fsp3) is 0.409. The molecule has 3 aromatic rings. The van der Waals surface area contributed by atoms with Crippen molar-refractivity contribution < 1.29 is 28.2 Å². The van der Waals surface area contributed by atoms with Gasteiger partial charge in [0.25, 0.3) is 0 Å². The molecular weight excluding hydrogens is 471 g/mol. The molecule has 8 nitrogen and oxygen atoms in total. The standard InChI is InChI=1S/C22H22F3N5O3S/c1-11-5-14(29-18(6-11)30-17-7-16(22(23,24)25)27-10-28-17)15-9-26-20(34-15)21(33)4-3-13(19(31)32)12(2)8-21/h5-7,9-10,12-13,33H,3-4,8H2,1-2H3,(H,31,32)(H,27,28,29,30). The van der Waals surface area contributed by atoms with Crippen LogP contribution in [0.3, 0.4) is 0 Å². The van der Waals surface area contributed by atoms with E-state index >= 15 is 0 Å². The van der Waals surface area contributed by atoms with Crippen LogP contribution in [0.5, 0.6) is 0 Å². The average molecular weight is 494 g/mol. The summed E-state index contributed by atoms with van der Waals surface area (Å²) in [5, 5.41) is 23.8. The molecule has 0 spiro atoms. The zero-order valence-electron chi connectivity index (χ0n) is 18.3. The summed E-state index contributed by atoms with van der Waals surface area (Å²) in [5.74, 6) is -1.30. The number of rotatable bonds is 5. The number of aliphatic hydroxyl groups is 1. The number of nitrogens with zero attached hydrogens (tertiary/aromatic N) is 4. The van der Waals surface area contributed by atoms with E-state index in [1.807, 2.05) is 13.8 Å². The Morgan fingerprint density at radius 2 is 1.97 bits per heavy atom. The van der Waals surface area contributed by atoms with Gasteiger partial charge in [0, 0.05) is 12.3 Å². The molecule has 4 rings (SSSR count). The maximum absolute atomic E-state index is 12.9. The molecule has 0 saturated heterocycles. The van der Waals surface area contributed by atoms with Crippen LogP contribution in [0, 0.1) is 18.8 Å². The van der Waals surface area contributed by atoms with E-state index in [9.17, 15) is 28.2 Å². The van der Waals surface area contributed by atoms with Crippen LogP contribution in [0.2, 0.25) is 0 Å². The largest absolute Gasteiger partial charge is 0.481 e. The Kier molecular flexibility index (Phi) is 6.30. The van der Waals surface area contributed by atoms with Crippen molar-refractivity contribution in [3.05, 3.63) is 47.0 Å². The number of thiazole rings is 1. The molecule has 0 aromatic carbocycles. The lowest BCUT2D eigenvalue weighted by molar-refractivity contribution is -0.148. The zero-order chi connectivity index (χ0) is 24.7. The minimum absolute atomic E-state index is 0.0464. The Hall–Kier alpha value is -3.12. The Morgan fingerprint density at radius 3 is 2.65 bits per heavy atom. The van der Waals surface area contributed by atoms with Gasteiger partial charge in [-0.1, -0.05) is 6.92 Å². The molecule has 34 heavy (non-hydrogen) atoms. The van der Waals surface area contributed by atoms with Crippen LogP contribution < -0.4 is 5.32 Å². The molecule has 0 radical (unpaired) electrons. The first kappa shape index (κ1) is 24.0. The Balaban J connectivity index is 1.57. The highest BCUT2D eigenvalue weighted by Gasteiger charge is 2.43. The number of carboxylic acid groups (broad SMARTS) is 1. The van der Waals surface area contributed by atoms with Gasteiger partial charge >= 0.3 is 12.1 Å². The van der Waals surface area contributed by atoms with Crippen molar-refractivity contribution in [2.45, 2.75) is 44.9 Å². The van der Waals surface area contributed by atoms with E-state index in [0.29, 0.717) is 40.7 Å². The van der Waals surface area contributed by atoms with Crippen LogP contribution in [0.15, 0.2) is 30.7 Å². The van der Waals surface area contributed by atoms with Gasteiger partial charge in [0.2, 0.25) is 0 Å². The third-order valence-corrected chi connectivity index (χ3v) is 7.09. The number of hydrogen-bond donors (Lipinski definition) is 3. The number of pyridine rings is 1. The molecule has 0 aliphatic heterocycles. The fourth-order valence-electron chi connectivity index (χ4n) is 4.19. The van der Waals surface area contributed by atoms with Gasteiger partial charge in [0.15, 0.2) is 0 Å². The molecule has 3 atom stereocenters. The quantitative estimate of drug-likeness (QED) is 0.465. The fourth-order valence-corrected chi connectivity index (χ4v) is 5.20. The van der Waals surface area contributed by atoms with Crippen molar-refractivity contribution in [1.29, 1.82) is 0 Å². The third-order valence-electron chi connectivity index (χ3n) is 5.87. The smallest absolute Gasteiger partial charge is 0.433 e. The lowest BCUT2D eigenvalue weighted by Gasteiger charge is -2.37. The highest BCUT2D eigenvalue weighted by Crippen LogP contribution is 2.45. The third kappa shape index (κ3) is 5.02. The van der Waals surface area contributed by atoms with Crippen LogP contribution in [-0.4, -0.2) is 36.1 Å². The highest BCUT2D eigenvalue weighted by molar-refractivity contribution is 7.15. The Morgan fingerprint density at radius 1 is 1.21 bits per heavy atom. The summed E-state index contributed by atoms with van der Waals surface area (Å²) in [5.41, 5.74) is -0.937. The van der Waals surface area contributed by atoms with Gasteiger partial charge in [-0.15, -0.1) is 11.3 Å². The molecule has 0 bridgehead atoms. The van der Waals surface area contributed by atoms with Crippen molar-refractivity contribution in [3.63, 3.8) is 0 Å². The average Bonchev–Trinajstić information content (AvgIpc) is 3.24. The number of aryl methyl sites for hydroxylation is 1. The second-order valence-electron chi connectivity index (χ2n) is 8.55. The molecule has 1 fully saturated rings. The monoisotopic (exact) mass is 493 g/mol. The summed E-state index contributed by atoms with van der Waals surface area (Å²) in [7, 11) is 0. The van der Waals surface area contributed by atoms with E-state index in [0.717, 1.165) is 18.0 Å². The van der Waals surface area contributed by atoms with Crippen molar-refractivity contribution in [2.24, 2.45) is 11.8 Å². The van der Waals surface area contributed by atoms with Gasteiger partial charge in [0.05, 0.1) is 16.5 Å². The van der Waals surface area contributed by atoms with Crippen LogP contribution in [0.25, 0.3) is 10.6 Å². The van der Waals surface area contributed by atoms with Crippen molar-refractivity contribution in [3.8, 4) is 10.6 Å². The van der Waals surface area contributed by atoms with E-state index in [1.54, 1.807) is 18.3 Å². The highest BCUT2D eigenvalue weighted by atomic mass is 32.1. The molecule has 0 amide bonds. The molecule has 3 unspecified atom stereocenters. The predicted octanol–water partition coefficient (Wildman–Crippen LogP) is 4.77. The van der Waals surface area contributed by atoms with Crippen LogP contribution >= 0.6 is 11.3 Å². The lowest BCUT2D eigenvalue weighted by Crippen LogP contribution is -2.38. The molecule has 3 N–H and O–H groups in total. The summed E-state index contributed by atoms with van der Waals surface area (Å²) in [6.45, 7) is 3.64. The number of aromatic nitrogens is 4. The maximum atomic E-state index is 12.9. The minimum atomic E-state index is -4.59. The number of alkyl halides is 3. The molecule has 180 valence electrons. The molecule has 3 aromatic heterocycles. The normalized spacial score (nSPS) is 23.0. The first-order valence-corrected chi connectivity index (χ1v) is 11.3. The van der Waals surface area contributed by atoms with Gasteiger partial charge < -0.3 is 15.5 Å². The van der Waals surface area contributed by atoms with Gasteiger partial charge in [-0.05, 0) is 49.8 Å². The van der Waals surface area contributed by atoms with Crippen molar-refractivity contribution >= 4 is 28.9 Å². The second kappa shape index (κ2) is 8.91. The van der Waals surface area contributed by atoms with E-state index < -0.39 is 29.4 Å². The van der Waals surface area contributed by atoms with Crippen LogP contribution in [-0.2, 0) is 16.6 Å². The van der Waals surface area contributed by atoms with E-state index in [2.05, 4.69) is 25.3 Å². The van der Waals surface area contributed by atoms with E-state index in [4.69, 9.17) is 0 Å². The number of carbonyl (C=O) groups is 1. The summed E-state index contributed by atoms with van der Waals surface area (Å²) >= 11 is 1.26. The van der Waals surface area contributed by atoms with Gasteiger partial charge in [-0.25, -0.2) is 19.9 Å². The Labute approximate surface area is 197 Å². The van der Waals surface area contributed by atoms with Crippen LogP contribution in [0.1, 0.15) is 42.5 Å². The number of halogens is 3. The second-order valence-corrected chi connectivity index (χ2v) is 9.58. The predicted molar refractivity (Wildman–Crippen MR) is 118 cm³/mol. The number of hydrogen-bond acceptors (Lipinski definition) is 8. The Bertz CT molecular complexity index is 1220. The zero-order valence-corrected chi connectivity index (χ0v) is 19.1. The van der Waals surface area contributed by atoms with E-state index in [1.165, 1.54) is 11.3 Å². The molecule has 1 aliphatic rings. The number of nitrogens with one attached hydrogen (secondary N) is 1. The summed E-state index contributed by atoms with van der Waals surface area (Å²) < 4.78 is 38.8. The maximum Gasteiger partial charge on any atom is 0.433 e. The molecule has 1 aliphatic carbocycles. The number of aliphatic carboxylic acids is 1. The molecular formula is C22H22F3N5O3S. The first-order valence-electron chi connectivity index (χ1n) is 10.5. The summed E-state index contributed by atoms with van der Waals surface area (Å²) in [6.07, 6.45) is -1.23. The van der Waals surface area contributed by atoms with Crippen LogP contribution in [0.4, 0.5) is 24.8 Å². The van der Waals surface area contributed by atoms with Gasteiger partial charge in [0.1, 0.15) is 34.3 Å². The van der Waals surface area contributed by atoms with Gasteiger partial charge in [-0.2, -0.15) is 13.2 Å². The lowest BCUT2D eigenvalue weighted by atomic mass is 9.72. The topological polar surface area (TPSA) is 121 Å². The minimum Gasteiger partial charge on any atom is -0.481 e. The number of carboxylic acids is 1. The first-order chi connectivity index (χ1) is 15.9. The SMILES string of the molecule is Cc1cc(Nc2cc(C(F)(F)F)ncn2)nc(-c2cnc(C3(O)CCC(C(=O)O)C(C)C3)s2)c1. The molecule has 12 heteroatoms. The molecule has 1 saturated carbocycles. The van der Waals surface area contributed by atoms with Crippen molar-refractivity contribution in [1.82, 2.24) is 19.9 Å². The van der Waals surface area contributed by atoms with Gasteiger partial charge in [-0.3, -0.25) is 4.79 Å². The number of anilines is 2. The summed E-state index contributed by atoms with van der Waals surface area (Å²) in [4.78, 5) is 28.0. The van der Waals surface area contributed by atoms with Crippen molar-refractivity contribution in [2.75, 3.05) is 5.32 Å². The molecule has 3 heterocycles.